The summed E-state index contributed by atoms with van der Waals surface area (Å²) in [6, 6.07) is 16.3. The zero-order valence-corrected chi connectivity index (χ0v) is 18.4. The maximum absolute atomic E-state index is 12.9. The SMILES string of the molecule is Cc1ccn(NCc2ccc(C#N)cc2)c(=O)c1CC(=O)NCc1cc(Cl)ccc1CN. The number of benzene rings is 2. The second kappa shape index (κ2) is 10.6. The maximum atomic E-state index is 12.9. The number of hydrogen-bond acceptors (Lipinski definition) is 5. The van der Waals surface area contributed by atoms with Crippen LogP contribution in [0.5, 0.6) is 0 Å². The van der Waals surface area contributed by atoms with Crippen LogP contribution < -0.4 is 22.0 Å². The van der Waals surface area contributed by atoms with Crippen molar-refractivity contribution >= 4 is 17.5 Å². The highest BCUT2D eigenvalue weighted by atomic mass is 35.5. The maximum Gasteiger partial charge on any atom is 0.272 e. The Hall–Kier alpha value is -3.60. The molecule has 0 bridgehead atoms. The van der Waals surface area contributed by atoms with Gasteiger partial charge >= 0.3 is 0 Å². The van der Waals surface area contributed by atoms with E-state index in [-0.39, 0.29) is 24.4 Å². The first-order valence-electron chi connectivity index (χ1n) is 10.1. The van der Waals surface area contributed by atoms with Gasteiger partial charge in [0.25, 0.3) is 5.56 Å². The van der Waals surface area contributed by atoms with Gasteiger partial charge in [0.1, 0.15) is 0 Å². The number of nitrogens with one attached hydrogen (secondary N) is 2. The number of nitrogens with two attached hydrogens (primary N) is 1. The number of halogens is 1. The van der Waals surface area contributed by atoms with E-state index < -0.39 is 0 Å². The first kappa shape index (κ1) is 23.1. The van der Waals surface area contributed by atoms with Crippen LogP contribution in [0.4, 0.5) is 0 Å². The van der Waals surface area contributed by atoms with Gasteiger partial charge in [0, 0.05) is 29.9 Å². The Morgan fingerprint density at radius 1 is 1.12 bits per heavy atom. The summed E-state index contributed by atoms with van der Waals surface area (Å²) < 4.78 is 1.37. The molecule has 0 aliphatic carbocycles. The lowest BCUT2D eigenvalue weighted by atomic mass is 10.1. The summed E-state index contributed by atoms with van der Waals surface area (Å²) in [5.74, 6) is -0.266. The van der Waals surface area contributed by atoms with Gasteiger partial charge in [-0.05, 0) is 59.5 Å². The molecule has 0 fully saturated rings. The van der Waals surface area contributed by atoms with Crippen LogP contribution >= 0.6 is 11.6 Å². The smallest absolute Gasteiger partial charge is 0.272 e. The summed E-state index contributed by atoms with van der Waals surface area (Å²) >= 11 is 6.05. The molecule has 32 heavy (non-hydrogen) atoms. The molecule has 8 heteroatoms. The molecule has 2 aromatic carbocycles. The molecule has 3 aromatic rings. The van der Waals surface area contributed by atoms with Gasteiger partial charge in [-0.2, -0.15) is 5.26 Å². The summed E-state index contributed by atoms with van der Waals surface area (Å²) in [4.78, 5) is 25.5. The number of aromatic nitrogens is 1. The molecule has 3 rings (SSSR count). The van der Waals surface area contributed by atoms with Gasteiger partial charge in [0.2, 0.25) is 5.91 Å². The average Bonchev–Trinajstić information content (AvgIpc) is 2.80. The molecule has 0 saturated carbocycles. The van der Waals surface area contributed by atoms with Crippen molar-refractivity contribution in [3.05, 3.63) is 103 Å². The third kappa shape index (κ3) is 5.76. The fraction of sp³-hybridized carbons (Fsp3) is 0.208. The van der Waals surface area contributed by atoms with Crippen molar-refractivity contribution in [2.24, 2.45) is 5.73 Å². The van der Waals surface area contributed by atoms with Crippen LogP contribution in [0.25, 0.3) is 0 Å². The number of carbonyl (C=O) groups is 1. The predicted molar refractivity (Wildman–Crippen MR) is 125 cm³/mol. The fourth-order valence-electron chi connectivity index (χ4n) is 3.26. The van der Waals surface area contributed by atoms with Crippen molar-refractivity contribution in [3.8, 4) is 6.07 Å². The zero-order chi connectivity index (χ0) is 23.1. The van der Waals surface area contributed by atoms with Crippen LogP contribution in [0.1, 0.15) is 33.4 Å². The quantitative estimate of drug-likeness (QED) is 0.489. The molecule has 0 saturated heterocycles. The number of pyridine rings is 1. The predicted octanol–water partition coefficient (Wildman–Crippen LogP) is 2.74. The Kier molecular flexibility index (Phi) is 7.66. The number of amides is 1. The molecule has 0 spiro atoms. The summed E-state index contributed by atoms with van der Waals surface area (Å²) in [6.07, 6.45) is 1.60. The fourth-order valence-corrected chi connectivity index (χ4v) is 3.45. The van der Waals surface area contributed by atoms with E-state index >= 15 is 0 Å². The van der Waals surface area contributed by atoms with Crippen LogP contribution in [0, 0.1) is 18.3 Å². The highest BCUT2D eigenvalue weighted by Crippen LogP contribution is 2.16. The third-order valence-electron chi connectivity index (χ3n) is 5.16. The minimum Gasteiger partial charge on any atom is -0.352 e. The van der Waals surface area contributed by atoms with Crippen LogP contribution in [-0.4, -0.2) is 10.6 Å². The summed E-state index contributed by atoms with van der Waals surface area (Å²) in [5.41, 5.74) is 12.9. The van der Waals surface area contributed by atoms with Crippen molar-refractivity contribution in [2.45, 2.75) is 33.0 Å². The Balaban J connectivity index is 1.67. The molecular weight excluding hydrogens is 426 g/mol. The van der Waals surface area contributed by atoms with E-state index in [0.717, 1.165) is 22.3 Å². The Morgan fingerprint density at radius 3 is 2.56 bits per heavy atom. The van der Waals surface area contributed by atoms with Gasteiger partial charge in [0.15, 0.2) is 0 Å². The molecule has 0 aliphatic rings. The molecule has 0 radical (unpaired) electrons. The molecule has 4 N–H and O–H groups in total. The normalized spacial score (nSPS) is 10.4. The van der Waals surface area contributed by atoms with Crippen molar-refractivity contribution in [2.75, 3.05) is 5.43 Å². The number of hydrogen-bond donors (Lipinski definition) is 3. The molecular formula is C24H24ClN5O2. The van der Waals surface area contributed by atoms with Crippen molar-refractivity contribution < 1.29 is 4.79 Å². The third-order valence-corrected chi connectivity index (χ3v) is 5.40. The molecule has 1 aromatic heterocycles. The lowest BCUT2D eigenvalue weighted by Crippen LogP contribution is -2.34. The van der Waals surface area contributed by atoms with E-state index in [1.54, 1.807) is 43.5 Å². The summed E-state index contributed by atoms with van der Waals surface area (Å²) in [6.45, 7) is 2.83. The number of rotatable bonds is 8. The van der Waals surface area contributed by atoms with Crippen LogP contribution in [0.15, 0.2) is 59.5 Å². The molecule has 164 valence electrons. The topological polar surface area (TPSA) is 113 Å². The van der Waals surface area contributed by atoms with Gasteiger partial charge in [0.05, 0.1) is 24.6 Å². The number of carbonyl (C=O) groups excluding carboxylic acids is 1. The lowest BCUT2D eigenvalue weighted by molar-refractivity contribution is -0.120. The van der Waals surface area contributed by atoms with Gasteiger partial charge in [-0.25, -0.2) is 4.68 Å². The van der Waals surface area contributed by atoms with Gasteiger partial charge in [-0.1, -0.05) is 29.8 Å². The Labute approximate surface area is 191 Å². The number of nitrogens with zero attached hydrogens (tertiary/aromatic N) is 2. The van der Waals surface area contributed by atoms with Crippen LogP contribution in [0.2, 0.25) is 5.02 Å². The average molecular weight is 450 g/mol. The second-order valence-electron chi connectivity index (χ2n) is 7.37. The second-order valence-corrected chi connectivity index (χ2v) is 7.80. The summed E-state index contributed by atoms with van der Waals surface area (Å²) in [7, 11) is 0. The van der Waals surface area contributed by atoms with Crippen molar-refractivity contribution in [3.63, 3.8) is 0 Å². The molecule has 0 atom stereocenters. The molecule has 1 heterocycles. The van der Waals surface area contributed by atoms with Crippen molar-refractivity contribution in [1.82, 2.24) is 9.99 Å². The first-order chi connectivity index (χ1) is 15.4. The largest absolute Gasteiger partial charge is 0.352 e. The minimum atomic E-state index is -0.279. The Morgan fingerprint density at radius 2 is 1.88 bits per heavy atom. The summed E-state index contributed by atoms with van der Waals surface area (Å²) in [5, 5.41) is 12.3. The van der Waals surface area contributed by atoms with E-state index in [4.69, 9.17) is 22.6 Å². The highest BCUT2D eigenvalue weighted by molar-refractivity contribution is 6.30. The Bertz CT molecular complexity index is 1210. The minimum absolute atomic E-state index is 0.0391. The van der Waals surface area contributed by atoms with Crippen LogP contribution in [-0.2, 0) is 30.8 Å². The van der Waals surface area contributed by atoms with E-state index in [2.05, 4.69) is 16.8 Å². The van der Waals surface area contributed by atoms with E-state index in [9.17, 15) is 9.59 Å². The highest BCUT2D eigenvalue weighted by Gasteiger charge is 2.13. The lowest BCUT2D eigenvalue weighted by Gasteiger charge is -2.14. The zero-order valence-electron chi connectivity index (χ0n) is 17.7. The monoisotopic (exact) mass is 449 g/mol. The van der Waals surface area contributed by atoms with E-state index in [1.165, 1.54) is 4.68 Å². The van der Waals surface area contributed by atoms with Gasteiger partial charge in [-0.15, -0.1) is 0 Å². The van der Waals surface area contributed by atoms with E-state index in [0.29, 0.717) is 29.2 Å². The van der Waals surface area contributed by atoms with Gasteiger partial charge < -0.3 is 16.5 Å². The van der Waals surface area contributed by atoms with Crippen molar-refractivity contribution in [1.29, 1.82) is 5.26 Å². The van der Waals surface area contributed by atoms with E-state index in [1.807, 2.05) is 18.2 Å². The standard InChI is InChI=1S/C24H24ClN5O2/c1-16-8-9-30(29-14-18-4-2-17(12-26)3-5-18)24(32)22(16)11-23(31)28-15-20-10-21(25)7-6-19(20)13-27/h2-10,29H,11,13-15,27H2,1H3,(H,28,31). The molecule has 7 nitrogen and oxygen atoms in total. The molecule has 0 unspecified atom stereocenters. The van der Waals surface area contributed by atoms with Gasteiger partial charge in [-0.3, -0.25) is 9.59 Å². The number of nitriles is 1. The molecule has 0 aliphatic heterocycles. The first-order valence-corrected chi connectivity index (χ1v) is 10.5. The van der Waals surface area contributed by atoms with Crippen LogP contribution in [0.3, 0.4) is 0 Å². The number of aryl methyl sites for hydroxylation is 1. The molecule has 1 amide bonds.